The van der Waals surface area contributed by atoms with Crippen molar-refractivity contribution < 1.29 is 33.6 Å². The van der Waals surface area contributed by atoms with Crippen LogP contribution in [-0.2, 0) is 13.2 Å². The third-order valence-electron chi connectivity index (χ3n) is 4.88. The van der Waals surface area contributed by atoms with Crippen LogP contribution in [0.1, 0.15) is 25.0 Å². The normalized spacial score (nSPS) is 10.8. The van der Waals surface area contributed by atoms with Crippen molar-refractivity contribution in [2.45, 2.75) is 27.1 Å². The van der Waals surface area contributed by atoms with E-state index in [1.165, 1.54) is 0 Å². The number of methoxy groups -OCH3 is 2. The molecule has 0 spiro atoms. The fourth-order valence-corrected chi connectivity index (χ4v) is 3.47. The lowest BCUT2D eigenvalue weighted by Crippen LogP contribution is -1.97. The Balaban J connectivity index is 2.14. The number of hydrogen-bond donors (Lipinski definition) is 2. The van der Waals surface area contributed by atoms with Crippen LogP contribution in [0.25, 0.3) is 22.6 Å². The molecule has 0 aliphatic heterocycles. The van der Waals surface area contributed by atoms with Gasteiger partial charge in [0.25, 0.3) is 0 Å². The van der Waals surface area contributed by atoms with Crippen LogP contribution < -0.4 is 18.9 Å². The second-order valence-corrected chi connectivity index (χ2v) is 6.63. The molecule has 2 N–H and O–H groups in total. The predicted molar refractivity (Wildman–Crippen MR) is 117 cm³/mol. The summed E-state index contributed by atoms with van der Waals surface area (Å²) in [6.07, 6.45) is 0. The molecule has 0 aliphatic rings. The highest BCUT2D eigenvalue weighted by atomic mass is 16.5. The predicted octanol–water partition coefficient (Wildman–Crippen LogP) is 4.41. The molecule has 0 saturated carbocycles. The van der Waals surface area contributed by atoms with Crippen LogP contribution in [0.3, 0.4) is 0 Å². The maximum Gasteiger partial charge on any atom is 0.161 e. The van der Waals surface area contributed by atoms with Gasteiger partial charge in [-0.15, -0.1) is 0 Å². The number of aliphatic hydroxyl groups excluding tert-OH is 2. The van der Waals surface area contributed by atoms with Crippen LogP contribution >= 0.6 is 0 Å². The Labute approximate surface area is 181 Å². The second-order valence-electron chi connectivity index (χ2n) is 6.63. The first-order valence-electron chi connectivity index (χ1n) is 10.1. The lowest BCUT2D eigenvalue weighted by Gasteiger charge is -2.11. The highest BCUT2D eigenvalue weighted by molar-refractivity contribution is 5.75. The molecule has 0 radical (unpaired) electrons. The minimum Gasteiger partial charge on any atom is -0.493 e. The third kappa shape index (κ3) is 4.47. The summed E-state index contributed by atoms with van der Waals surface area (Å²) in [5.74, 6) is 3.24. The topological polar surface area (TPSA) is 90.5 Å². The Morgan fingerprint density at radius 3 is 1.42 bits per heavy atom. The molecule has 0 bridgehead atoms. The molecule has 31 heavy (non-hydrogen) atoms. The van der Waals surface area contributed by atoms with E-state index in [2.05, 4.69) is 0 Å². The molecule has 2 aromatic carbocycles. The third-order valence-corrected chi connectivity index (χ3v) is 4.88. The fraction of sp³-hybridized carbons (Fsp3) is 0.333. The molecule has 7 heteroatoms. The zero-order valence-electron chi connectivity index (χ0n) is 18.2. The van der Waals surface area contributed by atoms with E-state index in [-0.39, 0.29) is 13.2 Å². The van der Waals surface area contributed by atoms with Gasteiger partial charge in [-0.25, -0.2) is 0 Å². The molecule has 0 atom stereocenters. The molecule has 1 aromatic heterocycles. The monoisotopic (exact) mass is 428 g/mol. The highest BCUT2D eigenvalue weighted by Gasteiger charge is 2.23. The summed E-state index contributed by atoms with van der Waals surface area (Å²) in [6, 6.07) is 10.8. The van der Waals surface area contributed by atoms with Crippen molar-refractivity contribution in [2.24, 2.45) is 0 Å². The standard InChI is InChI=1S/C24H28O7/c1-5-29-19-9-7-15(11-21(19)27-3)23-17(13-25)18(14-26)24(31-23)16-8-10-20(30-6-2)22(12-16)28-4/h7-12,25-26H,5-6,13-14H2,1-4H3. The first kappa shape index (κ1) is 22.5. The SMILES string of the molecule is CCOc1ccc(-c2oc(-c3ccc(OCC)c(OC)c3)c(CO)c2CO)cc1OC. The van der Waals surface area contributed by atoms with Crippen molar-refractivity contribution in [3.63, 3.8) is 0 Å². The summed E-state index contributed by atoms with van der Waals surface area (Å²) >= 11 is 0. The van der Waals surface area contributed by atoms with E-state index < -0.39 is 0 Å². The van der Waals surface area contributed by atoms with Gasteiger partial charge in [-0.3, -0.25) is 0 Å². The second kappa shape index (κ2) is 10.2. The lowest BCUT2D eigenvalue weighted by molar-refractivity contribution is 0.262. The molecule has 0 fully saturated rings. The van der Waals surface area contributed by atoms with E-state index in [1.807, 2.05) is 26.0 Å². The molecule has 0 unspecified atom stereocenters. The zero-order valence-corrected chi connectivity index (χ0v) is 18.2. The van der Waals surface area contributed by atoms with Gasteiger partial charge in [-0.2, -0.15) is 0 Å². The summed E-state index contributed by atoms with van der Waals surface area (Å²) in [6.45, 7) is 4.23. The largest absolute Gasteiger partial charge is 0.493 e. The number of furan rings is 1. The first-order valence-corrected chi connectivity index (χ1v) is 10.1. The van der Waals surface area contributed by atoms with Crippen molar-refractivity contribution in [3.8, 4) is 45.6 Å². The van der Waals surface area contributed by atoms with E-state index in [1.54, 1.807) is 38.5 Å². The Morgan fingerprint density at radius 1 is 0.677 bits per heavy atom. The average Bonchev–Trinajstić information content (AvgIpc) is 3.18. The van der Waals surface area contributed by atoms with Gasteiger partial charge in [0.2, 0.25) is 0 Å². The fourth-order valence-electron chi connectivity index (χ4n) is 3.47. The number of benzene rings is 2. The lowest BCUT2D eigenvalue weighted by atomic mass is 10.0. The molecule has 1 heterocycles. The number of rotatable bonds is 10. The maximum absolute atomic E-state index is 10.1. The van der Waals surface area contributed by atoms with E-state index in [0.29, 0.717) is 70.0 Å². The van der Waals surface area contributed by atoms with Crippen molar-refractivity contribution in [2.75, 3.05) is 27.4 Å². The van der Waals surface area contributed by atoms with E-state index in [0.717, 1.165) is 0 Å². The molecule has 166 valence electrons. The molecule has 0 amide bonds. The van der Waals surface area contributed by atoms with Crippen LogP contribution in [0.5, 0.6) is 23.0 Å². The molecule has 0 aliphatic carbocycles. The molecule has 3 rings (SSSR count). The Kier molecular flexibility index (Phi) is 7.44. The van der Waals surface area contributed by atoms with Crippen molar-refractivity contribution in [1.82, 2.24) is 0 Å². The number of ether oxygens (including phenoxy) is 4. The van der Waals surface area contributed by atoms with Crippen LogP contribution in [0.15, 0.2) is 40.8 Å². The van der Waals surface area contributed by atoms with E-state index >= 15 is 0 Å². The van der Waals surface area contributed by atoms with Crippen LogP contribution in [0, 0.1) is 0 Å². The zero-order chi connectivity index (χ0) is 22.4. The quantitative estimate of drug-likeness (QED) is 0.494. The van der Waals surface area contributed by atoms with Crippen LogP contribution in [0.2, 0.25) is 0 Å². The summed E-state index contributed by atoms with van der Waals surface area (Å²) < 4.78 is 28.2. The smallest absolute Gasteiger partial charge is 0.161 e. The van der Waals surface area contributed by atoms with E-state index in [4.69, 9.17) is 23.4 Å². The molecule has 3 aromatic rings. The molecular formula is C24H28O7. The van der Waals surface area contributed by atoms with E-state index in [9.17, 15) is 10.2 Å². The van der Waals surface area contributed by atoms with Gasteiger partial charge in [-0.05, 0) is 50.2 Å². The van der Waals surface area contributed by atoms with Gasteiger partial charge < -0.3 is 33.6 Å². The highest BCUT2D eigenvalue weighted by Crippen LogP contribution is 2.42. The Bertz CT molecular complexity index is 943. The van der Waals surface area contributed by atoms with Gasteiger partial charge in [0.1, 0.15) is 11.5 Å². The molecule has 7 nitrogen and oxygen atoms in total. The van der Waals surface area contributed by atoms with Gasteiger partial charge in [-0.1, -0.05) is 0 Å². The summed E-state index contributed by atoms with van der Waals surface area (Å²) in [7, 11) is 3.13. The summed E-state index contributed by atoms with van der Waals surface area (Å²) in [4.78, 5) is 0. The summed E-state index contributed by atoms with van der Waals surface area (Å²) in [5.41, 5.74) is 2.42. The van der Waals surface area contributed by atoms with Crippen LogP contribution in [-0.4, -0.2) is 37.6 Å². The average molecular weight is 428 g/mol. The van der Waals surface area contributed by atoms with Gasteiger partial charge in [0, 0.05) is 22.3 Å². The first-order chi connectivity index (χ1) is 15.1. The van der Waals surface area contributed by atoms with Crippen molar-refractivity contribution in [3.05, 3.63) is 47.5 Å². The maximum atomic E-state index is 10.1. The minimum absolute atomic E-state index is 0.293. The van der Waals surface area contributed by atoms with Crippen molar-refractivity contribution >= 4 is 0 Å². The Morgan fingerprint density at radius 2 is 1.10 bits per heavy atom. The van der Waals surface area contributed by atoms with Gasteiger partial charge in [0.05, 0.1) is 40.6 Å². The molecule has 0 saturated heterocycles. The van der Waals surface area contributed by atoms with Crippen LogP contribution in [0.4, 0.5) is 0 Å². The minimum atomic E-state index is -0.293. The number of aliphatic hydroxyl groups is 2. The number of hydrogen-bond acceptors (Lipinski definition) is 7. The van der Waals surface area contributed by atoms with Gasteiger partial charge in [0.15, 0.2) is 23.0 Å². The van der Waals surface area contributed by atoms with Crippen molar-refractivity contribution in [1.29, 1.82) is 0 Å². The Hall–Kier alpha value is -3.16. The van der Waals surface area contributed by atoms with Gasteiger partial charge >= 0.3 is 0 Å². The molecular weight excluding hydrogens is 400 g/mol. The summed E-state index contributed by atoms with van der Waals surface area (Å²) in [5, 5.41) is 20.1.